The van der Waals surface area contributed by atoms with Gasteiger partial charge in [-0.15, -0.1) is 0 Å². The van der Waals surface area contributed by atoms with Crippen molar-refractivity contribution in [3.63, 3.8) is 0 Å². The molecule has 0 N–H and O–H groups in total. The first-order valence-corrected chi connectivity index (χ1v) is 12.2. The number of rotatable bonds is 5. The number of hydrogen-bond donors (Lipinski definition) is 0. The summed E-state index contributed by atoms with van der Waals surface area (Å²) in [5, 5.41) is 0. The van der Waals surface area contributed by atoms with Gasteiger partial charge in [0.2, 0.25) is 5.91 Å². The quantitative estimate of drug-likeness (QED) is 0.491. The van der Waals surface area contributed by atoms with Crippen LogP contribution in [0.1, 0.15) is 59.7 Å². The summed E-state index contributed by atoms with van der Waals surface area (Å²) in [5.74, 6) is -1.49. The van der Waals surface area contributed by atoms with Crippen LogP contribution in [0.5, 0.6) is 0 Å². The van der Waals surface area contributed by atoms with Gasteiger partial charge < -0.3 is 4.90 Å². The molecule has 2 aliphatic heterocycles. The zero-order valence-corrected chi connectivity index (χ0v) is 20.4. The van der Waals surface area contributed by atoms with Crippen molar-refractivity contribution in [3.05, 3.63) is 77.0 Å². The molecule has 0 spiro atoms. The summed E-state index contributed by atoms with van der Waals surface area (Å²) >= 11 is 0. The fourth-order valence-electron chi connectivity index (χ4n) is 4.78. The standard InChI is InChI=1S/C28H28F2N4O2/c1-18(2)22-5-3-4-6-23(22)25-31-16-21-15-24(35)34(26(21)32-25)17-19-7-9-20(10-8-19)27(36)33-13-11-28(29,30)12-14-33/h3-10,16,18H,11-15,17H2,1-2H3. The number of likely N-dealkylation sites (tertiary alicyclic amines) is 1. The number of aromatic nitrogens is 2. The smallest absolute Gasteiger partial charge is 0.253 e. The first-order valence-electron chi connectivity index (χ1n) is 12.2. The molecular formula is C28H28F2N4O2. The Morgan fingerprint density at radius 3 is 2.44 bits per heavy atom. The van der Waals surface area contributed by atoms with Gasteiger partial charge in [0, 0.05) is 48.8 Å². The number of carbonyl (C=O) groups is 2. The third-order valence-corrected chi connectivity index (χ3v) is 6.89. The molecule has 2 aliphatic rings. The number of anilines is 1. The molecule has 36 heavy (non-hydrogen) atoms. The van der Waals surface area contributed by atoms with Crippen LogP contribution in [-0.4, -0.2) is 45.7 Å². The maximum atomic E-state index is 13.4. The Labute approximate surface area is 209 Å². The Kier molecular flexibility index (Phi) is 6.28. The number of halogens is 2. The number of piperidine rings is 1. The van der Waals surface area contributed by atoms with Crippen LogP contribution in [0.3, 0.4) is 0 Å². The van der Waals surface area contributed by atoms with Gasteiger partial charge in [0.25, 0.3) is 11.8 Å². The Hall–Kier alpha value is -3.68. The summed E-state index contributed by atoms with van der Waals surface area (Å²) in [6, 6.07) is 15.0. The van der Waals surface area contributed by atoms with Crippen LogP contribution in [0.15, 0.2) is 54.7 Å². The molecule has 0 aliphatic carbocycles. The Morgan fingerprint density at radius 2 is 1.75 bits per heavy atom. The second-order valence-corrected chi connectivity index (χ2v) is 9.79. The highest BCUT2D eigenvalue weighted by Gasteiger charge is 2.36. The molecule has 0 atom stereocenters. The molecular weight excluding hydrogens is 462 g/mol. The molecule has 1 aromatic heterocycles. The van der Waals surface area contributed by atoms with E-state index < -0.39 is 5.92 Å². The van der Waals surface area contributed by atoms with Gasteiger partial charge in [-0.05, 0) is 29.2 Å². The molecule has 8 heteroatoms. The molecule has 3 heterocycles. The Bertz CT molecular complexity index is 1300. The molecule has 0 unspecified atom stereocenters. The number of benzene rings is 2. The molecule has 0 radical (unpaired) electrons. The first kappa shape index (κ1) is 24.0. The largest absolute Gasteiger partial charge is 0.338 e. The zero-order chi connectivity index (χ0) is 25.4. The zero-order valence-electron chi connectivity index (χ0n) is 20.4. The number of hydrogen-bond acceptors (Lipinski definition) is 4. The monoisotopic (exact) mass is 490 g/mol. The maximum absolute atomic E-state index is 13.4. The van der Waals surface area contributed by atoms with Gasteiger partial charge in [0.1, 0.15) is 5.82 Å². The van der Waals surface area contributed by atoms with Crippen molar-refractivity contribution in [2.75, 3.05) is 18.0 Å². The molecule has 1 fully saturated rings. The molecule has 0 saturated carbocycles. The molecule has 6 nitrogen and oxygen atoms in total. The number of fused-ring (bicyclic) bond motifs is 1. The predicted molar refractivity (Wildman–Crippen MR) is 133 cm³/mol. The van der Waals surface area contributed by atoms with Gasteiger partial charge in [-0.2, -0.15) is 0 Å². The van der Waals surface area contributed by atoms with Crippen LogP contribution in [0.2, 0.25) is 0 Å². The number of nitrogens with zero attached hydrogens (tertiary/aromatic N) is 4. The first-order chi connectivity index (χ1) is 17.2. The van der Waals surface area contributed by atoms with Gasteiger partial charge in [0.05, 0.1) is 13.0 Å². The minimum Gasteiger partial charge on any atom is -0.338 e. The van der Waals surface area contributed by atoms with Crippen LogP contribution < -0.4 is 4.90 Å². The molecule has 5 rings (SSSR count). The SMILES string of the molecule is CC(C)c1ccccc1-c1ncc2c(n1)N(Cc1ccc(C(=O)N3CCC(F)(F)CC3)cc1)C(=O)C2. The number of carbonyl (C=O) groups excluding carboxylic acids is 2. The van der Waals surface area contributed by atoms with E-state index in [0.717, 1.165) is 22.3 Å². The van der Waals surface area contributed by atoms with Gasteiger partial charge in [-0.3, -0.25) is 14.5 Å². The van der Waals surface area contributed by atoms with Crippen molar-refractivity contribution in [1.29, 1.82) is 0 Å². The van der Waals surface area contributed by atoms with Crippen molar-refractivity contribution < 1.29 is 18.4 Å². The van der Waals surface area contributed by atoms with Gasteiger partial charge in [-0.25, -0.2) is 18.7 Å². The van der Waals surface area contributed by atoms with Crippen LogP contribution in [0, 0.1) is 0 Å². The Balaban J connectivity index is 1.34. The van der Waals surface area contributed by atoms with Crippen LogP contribution in [0.4, 0.5) is 14.6 Å². The van der Waals surface area contributed by atoms with Crippen molar-refractivity contribution >= 4 is 17.6 Å². The highest BCUT2D eigenvalue weighted by Crippen LogP contribution is 2.33. The summed E-state index contributed by atoms with van der Waals surface area (Å²) in [5.41, 5.74) is 4.19. The lowest BCUT2D eigenvalue weighted by Gasteiger charge is -2.31. The van der Waals surface area contributed by atoms with Crippen molar-refractivity contribution in [2.24, 2.45) is 0 Å². The van der Waals surface area contributed by atoms with Gasteiger partial charge >= 0.3 is 0 Å². The van der Waals surface area contributed by atoms with Gasteiger partial charge in [-0.1, -0.05) is 50.2 Å². The summed E-state index contributed by atoms with van der Waals surface area (Å²) in [6.07, 6.45) is 1.37. The van der Waals surface area contributed by atoms with E-state index in [4.69, 9.17) is 4.98 Å². The van der Waals surface area contributed by atoms with E-state index in [-0.39, 0.29) is 44.2 Å². The molecule has 2 amide bonds. The van der Waals surface area contributed by atoms with Gasteiger partial charge in [0.15, 0.2) is 5.82 Å². The number of alkyl halides is 2. The average Bonchev–Trinajstić information content (AvgIpc) is 3.18. The summed E-state index contributed by atoms with van der Waals surface area (Å²) in [4.78, 5) is 38.0. The lowest BCUT2D eigenvalue weighted by molar-refractivity contribution is -0.117. The minimum atomic E-state index is -2.69. The van der Waals surface area contributed by atoms with E-state index in [2.05, 4.69) is 24.9 Å². The van der Waals surface area contributed by atoms with Crippen molar-refractivity contribution in [1.82, 2.24) is 14.9 Å². The lowest BCUT2D eigenvalue weighted by Crippen LogP contribution is -2.42. The molecule has 2 aromatic carbocycles. The van der Waals surface area contributed by atoms with Crippen molar-refractivity contribution in [2.45, 2.75) is 51.5 Å². The second-order valence-electron chi connectivity index (χ2n) is 9.79. The van der Waals surface area contributed by atoms with Crippen LogP contribution in [0.25, 0.3) is 11.4 Å². The lowest BCUT2D eigenvalue weighted by atomic mass is 9.97. The van der Waals surface area contributed by atoms with E-state index in [0.29, 0.717) is 29.7 Å². The van der Waals surface area contributed by atoms with E-state index in [1.807, 2.05) is 18.2 Å². The van der Waals surface area contributed by atoms with Crippen LogP contribution >= 0.6 is 0 Å². The van der Waals surface area contributed by atoms with Crippen molar-refractivity contribution in [3.8, 4) is 11.4 Å². The third kappa shape index (κ3) is 4.72. The molecule has 186 valence electrons. The number of amides is 2. The third-order valence-electron chi connectivity index (χ3n) is 6.89. The Morgan fingerprint density at radius 1 is 1.06 bits per heavy atom. The highest BCUT2D eigenvalue weighted by atomic mass is 19.3. The summed E-state index contributed by atoms with van der Waals surface area (Å²) < 4.78 is 26.8. The van der Waals surface area contributed by atoms with E-state index in [1.165, 1.54) is 4.90 Å². The summed E-state index contributed by atoms with van der Waals surface area (Å²) in [6.45, 7) is 4.66. The molecule has 0 bridgehead atoms. The van der Waals surface area contributed by atoms with E-state index in [9.17, 15) is 18.4 Å². The molecule has 3 aromatic rings. The highest BCUT2D eigenvalue weighted by molar-refractivity contribution is 6.00. The normalized spacial score (nSPS) is 17.0. The maximum Gasteiger partial charge on any atom is 0.253 e. The average molecular weight is 491 g/mol. The minimum absolute atomic E-state index is 0.0502. The predicted octanol–water partition coefficient (Wildman–Crippen LogP) is 5.23. The molecule has 1 saturated heterocycles. The second kappa shape index (κ2) is 9.41. The van der Waals surface area contributed by atoms with E-state index >= 15 is 0 Å². The fourth-order valence-corrected chi connectivity index (χ4v) is 4.78. The fraction of sp³-hybridized carbons (Fsp3) is 0.357. The topological polar surface area (TPSA) is 66.4 Å². The summed E-state index contributed by atoms with van der Waals surface area (Å²) in [7, 11) is 0. The van der Waals surface area contributed by atoms with E-state index in [1.54, 1.807) is 35.4 Å². The van der Waals surface area contributed by atoms with Crippen LogP contribution in [-0.2, 0) is 17.8 Å².